The summed E-state index contributed by atoms with van der Waals surface area (Å²) in [5, 5.41) is 3.82. The van der Waals surface area contributed by atoms with E-state index >= 15 is 0 Å². The quantitative estimate of drug-likeness (QED) is 0.840. The Labute approximate surface area is 126 Å². The van der Waals surface area contributed by atoms with E-state index in [-0.39, 0.29) is 0 Å². The molecule has 0 aromatic carbocycles. The number of rotatable bonds is 4. The van der Waals surface area contributed by atoms with E-state index in [1.54, 1.807) is 0 Å². The molecule has 0 spiro atoms. The monoisotopic (exact) mass is 280 g/mol. The van der Waals surface area contributed by atoms with Crippen LogP contribution in [0.5, 0.6) is 0 Å². The summed E-state index contributed by atoms with van der Waals surface area (Å²) in [5.41, 5.74) is 0. The molecule has 6 unspecified atom stereocenters. The van der Waals surface area contributed by atoms with Crippen molar-refractivity contribution in [2.45, 2.75) is 84.8 Å². The van der Waals surface area contributed by atoms with Crippen molar-refractivity contribution in [3.63, 3.8) is 0 Å². The lowest BCUT2D eigenvalue weighted by molar-refractivity contribution is 0.00890. The molecule has 2 rings (SSSR count). The van der Waals surface area contributed by atoms with Crippen LogP contribution in [0.2, 0.25) is 0 Å². The molecular formula is C18H36N2. The van der Waals surface area contributed by atoms with Crippen molar-refractivity contribution in [2.75, 3.05) is 13.1 Å². The van der Waals surface area contributed by atoms with Crippen LogP contribution in [-0.4, -0.2) is 36.1 Å². The highest BCUT2D eigenvalue weighted by atomic mass is 15.3. The van der Waals surface area contributed by atoms with E-state index in [4.69, 9.17) is 0 Å². The van der Waals surface area contributed by atoms with E-state index in [0.29, 0.717) is 6.04 Å². The van der Waals surface area contributed by atoms with E-state index in [2.05, 4.69) is 44.8 Å². The van der Waals surface area contributed by atoms with Crippen LogP contribution in [0.15, 0.2) is 0 Å². The van der Waals surface area contributed by atoms with Crippen molar-refractivity contribution in [3.05, 3.63) is 0 Å². The number of piperazine rings is 1. The lowest BCUT2D eigenvalue weighted by Crippen LogP contribution is -2.62. The summed E-state index contributed by atoms with van der Waals surface area (Å²) >= 11 is 0. The first-order valence-corrected chi connectivity index (χ1v) is 9.07. The van der Waals surface area contributed by atoms with Crippen LogP contribution in [0.25, 0.3) is 0 Å². The second kappa shape index (κ2) is 7.26. The summed E-state index contributed by atoms with van der Waals surface area (Å²) < 4.78 is 0. The van der Waals surface area contributed by atoms with Crippen LogP contribution < -0.4 is 5.32 Å². The van der Waals surface area contributed by atoms with Gasteiger partial charge in [-0.25, -0.2) is 0 Å². The van der Waals surface area contributed by atoms with Gasteiger partial charge < -0.3 is 5.32 Å². The zero-order chi connectivity index (χ0) is 14.7. The average molecular weight is 280 g/mol. The largest absolute Gasteiger partial charge is 0.311 e. The third kappa shape index (κ3) is 3.39. The summed E-state index contributed by atoms with van der Waals surface area (Å²) in [6.45, 7) is 14.5. The third-order valence-corrected chi connectivity index (χ3v) is 6.38. The molecule has 2 heteroatoms. The normalized spacial score (nSPS) is 41.5. The second-order valence-corrected chi connectivity index (χ2v) is 7.49. The number of hydrogen-bond acceptors (Lipinski definition) is 2. The highest BCUT2D eigenvalue weighted by Gasteiger charge is 2.38. The average Bonchev–Trinajstić information content (AvgIpc) is 2.48. The number of nitrogens with zero attached hydrogens (tertiary/aromatic N) is 1. The van der Waals surface area contributed by atoms with Gasteiger partial charge in [-0.1, -0.05) is 53.9 Å². The molecule has 0 aromatic rings. The Hall–Kier alpha value is -0.0800. The van der Waals surface area contributed by atoms with E-state index in [1.807, 2.05) is 0 Å². The topological polar surface area (TPSA) is 15.3 Å². The predicted octanol–water partition coefficient (Wildman–Crippen LogP) is 3.91. The molecule has 2 fully saturated rings. The van der Waals surface area contributed by atoms with Crippen LogP contribution >= 0.6 is 0 Å². The fourth-order valence-corrected chi connectivity index (χ4v) is 4.32. The lowest BCUT2D eigenvalue weighted by Gasteiger charge is -2.50. The van der Waals surface area contributed by atoms with Gasteiger partial charge in [0.1, 0.15) is 0 Å². The van der Waals surface area contributed by atoms with Gasteiger partial charge in [-0.3, -0.25) is 4.90 Å². The standard InChI is InChI=1S/C18H36N2/c1-6-13(3)17-12-20(16(7-2)11-19-17)18-10-8-9-14(4)15(18)5/h13-19H,6-12H2,1-5H3. The second-order valence-electron chi connectivity index (χ2n) is 7.49. The molecule has 1 saturated heterocycles. The van der Waals surface area contributed by atoms with Gasteiger partial charge in [0, 0.05) is 31.2 Å². The highest BCUT2D eigenvalue weighted by molar-refractivity contribution is 4.94. The van der Waals surface area contributed by atoms with Crippen LogP contribution in [0.3, 0.4) is 0 Å². The molecule has 1 N–H and O–H groups in total. The minimum absolute atomic E-state index is 0.701. The summed E-state index contributed by atoms with van der Waals surface area (Å²) in [6.07, 6.45) is 6.88. The van der Waals surface area contributed by atoms with Gasteiger partial charge in [-0.15, -0.1) is 0 Å². The molecule has 0 amide bonds. The van der Waals surface area contributed by atoms with Crippen LogP contribution in [0.1, 0.15) is 66.7 Å². The minimum Gasteiger partial charge on any atom is -0.311 e. The molecule has 6 atom stereocenters. The molecule has 0 radical (unpaired) electrons. The third-order valence-electron chi connectivity index (χ3n) is 6.38. The Kier molecular flexibility index (Phi) is 5.92. The van der Waals surface area contributed by atoms with Gasteiger partial charge in [0.15, 0.2) is 0 Å². The minimum atomic E-state index is 0.701. The first-order chi connectivity index (χ1) is 9.58. The van der Waals surface area contributed by atoms with Crippen LogP contribution in [-0.2, 0) is 0 Å². The van der Waals surface area contributed by atoms with Gasteiger partial charge in [0.2, 0.25) is 0 Å². The van der Waals surface area contributed by atoms with Crippen molar-refractivity contribution < 1.29 is 0 Å². The van der Waals surface area contributed by atoms with E-state index in [9.17, 15) is 0 Å². The molecule has 2 nitrogen and oxygen atoms in total. The first-order valence-electron chi connectivity index (χ1n) is 9.07. The molecule has 0 aromatic heterocycles. The van der Waals surface area contributed by atoms with Crippen LogP contribution in [0, 0.1) is 17.8 Å². The Morgan fingerprint density at radius 1 is 1.20 bits per heavy atom. The molecule has 1 aliphatic carbocycles. The molecule has 2 aliphatic rings. The first kappa shape index (κ1) is 16.3. The van der Waals surface area contributed by atoms with Gasteiger partial charge in [0.25, 0.3) is 0 Å². The van der Waals surface area contributed by atoms with Crippen molar-refractivity contribution in [3.8, 4) is 0 Å². The van der Waals surface area contributed by atoms with Crippen molar-refractivity contribution in [1.82, 2.24) is 10.2 Å². The molecule has 0 bridgehead atoms. The number of hydrogen-bond donors (Lipinski definition) is 1. The van der Waals surface area contributed by atoms with Gasteiger partial charge >= 0.3 is 0 Å². The molecule has 118 valence electrons. The molecular weight excluding hydrogens is 244 g/mol. The number of nitrogens with one attached hydrogen (secondary N) is 1. The van der Waals surface area contributed by atoms with Gasteiger partial charge in [-0.2, -0.15) is 0 Å². The Bertz CT molecular complexity index is 291. The van der Waals surface area contributed by atoms with Crippen molar-refractivity contribution in [1.29, 1.82) is 0 Å². The molecule has 1 heterocycles. The molecule has 1 aliphatic heterocycles. The summed E-state index contributed by atoms with van der Waals surface area (Å²) in [7, 11) is 0. The summed E-state index contributed by atoms with van der Waals surface area (Å²) in [5.74, 6) is 2.57. The Morgan fingerprint density at radius 2 is 1.95 bits per heavy atom. The zero-order valence-corrected chi connectivity index (χ0v) is 14.4. The van der Waals surface area contributed by atoms with E-state index in [0.717, 1.165) is 29.8 Å². The maximum Gasteiger partial charge on any atom is 0.0221 e. The Balaban J connectivity index is 2.08. The molecule has 1 saturated carbocycles. The van der Waals surface area contributed by atoms with Crippen molar-refractivity contribution in [2.24, 2.45) is 17.8 Å². The highest BCUT2D eigenvalue weighted by Crippen LogP contribution is 2.35. The van der Waals surface area contributed by atoms with Gasteiger partial charge in [0.05, 0.1) is 0 Å². The maximum atomic E-state index is 3.82. The van der Waals surface area contributed by atoms with E-state index < -0.39 is 0 Å². The summed E-state index contributed by atoms with van der Waals surface area (Å²) in [6, 6.07) is 2.29. The predicted molar refractivity (Wildman–Crippen MR) is 88.0 cm³/mol. The van der Waals surface area contributed by atoms with E-state index in [1.165, 1.54) is 45.2 Å². The fourth-order valence-electron chi connectivity index (χ4n) is 4.32. The Morgan fingerprint density at radius 3 is 2.60 bits per heavy atom. The smallest absolute Gasteiger partial charge is 0.0221 e. The summed E-state index contributed by atoms with van der Waals surface area (Å²) in [4.78, 5) is 2.90. The molecule has 20 heavy (non-hydrogen) atoms. The van der Waals surface area contributed by atoms with Crippen molar-refractivity contribution >= 4 is 0 Å². The van der Waals surface area contributed by atoms with Gasteiger partial charge in [-0.05, 0) is 30.6 Å². The van der Waals surface area contributed by atoms with Crippen LogP contribution in [0.4, 0.5) is 0 Å². The fraction of sp³-hybridized carbons (Fsp3) is 1.00. The lowest BCUT2D eigenvalue weighted by atomic mass is 9.76. The maximum absolute atomic E-state index is 3.82. The SMILES string of the molecule is CCC(C)C1CN(C2CCCC(C)C2C)C(CC)CN1. The zero-order valence-electron chi connectivity index (χ0n) is 14.4.